The number of rotatable bonds is 6. The highest BCUT2D eigenvalue weighted by Crippen LogP contribution is 2.40. The highest BCUT2D eigenvalue weighted by Gasteiger charge is 2.46. The fourth-order valence-electron chi connectivity index (χ4n) is 3.60. The topological polar surface area (TPSA) is 90.3 Å². The Balaban J connectivity index is 2.16. The number of hydrogen-bond donors (Lipinski definition) is 2. The normalized spacial score (nSPS) is 18.3. The maximum atomic E-state index is 13.0. The van der Waals surface area contributed by atoms with Crippen molar-refractivity contribution in [2.45, 2.75) is 13.0 Å². The van der Waals surface area contributed by atoms with Crippen molar-refractivity contribution < 1.29 is 24.5 Å². The number of phenols is 1. The minimum atomic E-state index is -0.743. The van der Waals surface area contributed by atoms with Crippen LogP contribution in [0.1, 0.15) is 22.7 Å². The molecule has 3 rings (SSSR count). The van der Waals surface area contributed by atoms with Crippen molar-refractivity contribution in [2.24, 2.45) is 0 Å². The number of aliphatic hydroxyl groups is 1. The highest BCUT2D eigenvalue weighted by atomic mass is 16.5. The molecule has 1 saturated heterocycles. The molecule has 7 nitrogen and oxygen atoms in total. The summed E-state index contributed by atoms with van der Waals surface area (Å²) in [6.07, 6.45) is 0. The number of nitrogens with zero attached hydrogens (tertiary/aromatic N) is 2. The van der Waals surface area contributed by atoms with Gasteiger partial charge in [0, 0.05) is 18.7 Å². The van der Waals surface area contributed by atoms with Crippen LogP contribution < -0.4 is 4.74 Å². The van der Waals surface area contributed by atoms with Gasteiger partial charge in [-0.1, -0.05) is 12.1 Å². The Morgan fingerprint density at radius 3 is 2.37 bits per heavy atom. The molecule has 2 aromatic carbocycles. The van der Waals surface area contributed by atoms with Gasteiger partial charge in [-0.2, -0.15) is 0 Å². The number of carbonyl (C=O) groups excluding carboxylic acids is 2. The molecule has 7 heteroatoms. The third-order valence-corrected chi connectivity index (χ3v) is 5.23. The zero-order valence-corrected chi connectivity index (χ0v) is 17.5. The SMILES string of the molecule is COc1ccc(C(O)=C2C(=O)C(=O)N(CCN(C)C)[C@H]2c2ccc(O)cc2)c(C)c1. The van der Waals surface area contributed by atoms with Crippen molar-refractivity contribution in [2.75, 3.05) is 34.3 Å². The molecule has 2 aromatic rings. The molecular formula is C23H26N2O5. The molecule has 1 heterocycles. The van der Waals surface area contributed by atoms with E-state index in [1.165, 1.54) is 17.0 Å². The number of amides is 1. The number of benzene rings is 2. The molecule has 1 atom stereocenters. The summed E-state index contributed by atoms with van der Waals surface area (Å²) in [5.74, 6) is -0.887. The number of aryl methyl sites for hydroxylation is 1. The number of ketones is 1. The van der Waals surface area contributed by atoms with E-state index < -0.39 is 17.7 Å². The summed E-state index contributed by atoms with van der Waals surface area (Å²) >= 11 is 0. The van der Waals surface area contributed by atoms with Crippen LogP contribution in [-0.2, 0) is 9.59 Å². The lowest BCUT2D eigenvalue weighted by atomic mass is 9.94. The van der Waals surface area contributed by atoms with E-state index in [9.17, 15) is 19.8 Å². The third-order valence-electron chi connectivity index (χ3n) is 5.23. The predicted molar refractivity (Wildman–Crippen MR) is 113 cm³/mol. The Morgan fingerprint density at radius 1 is 1.13 bits per heavy atom. The van der Waals surface area contributed by atoms with E-state index in [0.29, 0.717) is 30.0 Å². The van der Waals surface area contributed by atoms with Crippen LogP contribution in [0.3, 0.4) is 0 Å². The number of likely N-dealkylation sites (N-methyl/N-ethyl adjacent to an activating group) is 1. The lowest BCUT2D eigenvalue weighted by molar-refractivity contribution is -0.140. The molecular weight excluding hydrogens is 384 g/mol. The standard InChI is InChI=1S/C23H26N2O5/c1-14-13-17(30-4)9-10-18(14)21(27)19-20(15-5-7-16(26)8-6-15)25(12-11-24(2)3)23(29)22(19)28/h5-10,13,20,26-27H,11-12H2,1-4H3/t20-/m0/s1. The highest BCUT2D eigenvalue weighted by molar-refractivity contribution is 6.46. The van der Waals surface area contributed by atoms with Crippen molar-refractivity contribution >= 4 is 17.4 Å². The van der Waals surface area contributed by atoms with Crippen molar-refractivity contribution in [1.29, 1.82) is 0 Å². The van der Waals surface area contributed by atoms with E-state index in [0.717, 1.165) is 5.56 Å². The van der Waals surface area contributed by atoms with E-state index in [2.05, 4.69) is 0 Å². The quantitative estimate of drug-likeness (QED) is 0.432. The van der Waals surface area contributed by atoms with Gasteiger partial charge in [0.2, 0.25) is 0 Å². The molecule has 0 aliphatic carbocycles. The molecule has 2 N–H and O–H groups in total. The van der Waals surface area contributed by atoms with Gasteiger partial charge in [-0.25, -0.2) is 0 Å². The van der Waals surface area contributed by atoms with Gasteiger partial charge < -0.3 is 24.7 Å². The Hall–Kier alpha value is -3.32. The fourth-order valence-corrected chi connectivity index (χ4v) is 3.60. The first-order valence-electron chi connectivity index (χ1n) is 9.61. The summed E-state index contributed by atoms with van der Waals surface area (Å²) in [6.45, 7) is 2.68. The molecule has 0 spiro atoms. The number of likely N-dealkylation sites (tertiary alicyclic amines) is 1. The van der Waals surface area contributed by atoms with Gasteiger partial charge in [0.25, 0.3) is 11.7 Å². The number of carbonyl (C=O) groups is 2. The maximum Gasteiger partial charge on any atom is 0.295 e. The lowest BCUT2D eigenvalue weighted by Gasteiger charge is -2.26. The third kappa shape index (κ3) is 4.02. The smallest absolute Gasteiger partial charge is 0.295 e. The van der Waals surface area contributed by atoms with Gasteiger partial charge in [0.1, 0.15) is 17.3 Å². The molecule has 0 radical (unpaired) electrons. The lowest BCUT2D eigenvalue weighted by Crippen LogP contribution is -2.35. The van der Waals surface area contributed by atoms with Gasteiger partial charge in [-0.3, -0.25) is 9.59 Å². The predicted octanol–water partition coefficient (Wildman–Crippen LogP) is 2.69. The number of Topliss-reactive ketones (excluding diaryl/α,β-unsaturated/α-hetero) is 1. The summed E-state index contributed by atoms with van der Waals surface area (Å²) in [7, 11) is 5.31. The molecule has 1 amide bonds. The average Bonchev–Trinajstić information content (AvgIpc) is 2.96. The van der Waals surface area contributed by atoms with Crippen LogP contribution in [0.2, 0.25) is 0 Å². The summed E-state index contributed by atoms with van der Waals surface area (Å²) in [5, 5.41) is 20.8. The number of ether oxygens (including phenoxy) is 1. The van der Waals surface area contributed by atoms with Gasteiger partial charge in [0.05, 0.1) is 18.7 Å². The zero-order valence-electron chi connectivity index (χ0n) is 17.5. The van der Waals surface area contributed by atoms with E-state index in [4.69, 9.17) is 4.74 Å². The largest absolute Gasteiger partial charge is 0.508 e. The van der Waals surface area contributed by atoms with Crippen LogP contribution in [0.5, 0.6) is 11.5 Å². The van der Waals surface area contributed by atoms with Crippen LogP contribution in [0.15, 0.2) is 48.0 Å². The van der Waals surface area contributed by atoms with Crippen LogP contribution in [0.25, 0.3) is 5.76 Å². The van der Waals surface area contributed by atoms with Gasteiger partial charge in [-0.05, 0) is 62.5 Å². The Bertz CT molecular complexity index is 995. The average molecular weight is 410 g/mol. The second-order valence-electron chi connectivity index (χ2n) is 7.57. The second kappa shape index (κ2) is 8.59. The summed E-state index contributed by atoms with van der Waals surface area (Å²) in [6, 6.07) is 10.7. The Labute approximate surface area is 175 Å². The monoisotopic (exact) mass is 410 g/mol. The molecule has 0 bridgehead atoms. The van der Waals surface area contributed by atoms with Crippen molar-refractivity contribution in [3.05, 3.63) is 64.7 Å². The number of phenolic OH excluding ortho intramolecular Hbond substituents is 1. The van der Waals surface area contributed by atoms with Crippen molar-refractivity contribution in [1.82, 2.24) is 9.80 Å². The first-order valence-corrected chi connectivity index (χ1v) is 9.61. The van der Waals surface area contributed by atoms with Crippen LogP contribution in [-0.4, -0.2) is 66.0 Å². The summed E-state index contributed by atoms with van der Waals surface area (Å²) < 4.78 is 5.21. The van der Waals surface area contributed by atoms with Crippen LogP contribution >= 0.6 is 0 Å². The number of hydrogen-bond acceptors (Lipinski definition) is 6. The van der Waals surface area contributed by atoms with E-state index in [1.54, 1.807) is 44.4 Å². The molecule has 0 unspecified atom stereocenters. The molecule has 1 fully saturated rings. The van der Waals surface area contributed by atoms with E-state index in [-0.39, 0.29) is 17.1 Å². The van der Waals surface area contributed by atoms with Crippen molar-refractivity contribution in [3.8, 4) is 11.5 Å². The molecule has 30 heavy (non-hydrogen) atoms. The summed E-state index contributed by atoms with van der Waals surface area (Å²) in [4.78, 5) is 29.2. The Kier molecular flexibility index (Phi) is 6.12. The maximum absolute atomic E-state index is 13.0. The zero-order chi connectivity index (χ0) is 22.0. The summed E-state index contributed by atoms with van der Waals surface area (Å²) in [5.41, 5.74) is 1.86. The second-order valence-corrected chi connectivity index (χ2v) is 7.57. The Morgan fingerprint density at radius 2 is 1.80 bits per heavy atom. The van der Waals surface area contributed by atoms with Crippen LogP contribution in [0, 0.1) is 6.92 Å². The minimum absolute atomic E-state index is 0.0395. The van der Waals surface area contributed by atoms with Crippen LogP contribution in [0.4, 0.5) is 0 Å². The fraction of sp³-hybridized carbons (Fsp3) is 0.304. The molecule has 0 aromatic heterocycles. The molecule has 1 aliphatic rings. The van der Waals surface area contributed by atoms with Gasteiger partial charge in [0.15, 0.2) is 0 Å². The van der Waals surface area contributed by atoms with E-state index >= 15 is 0 Å². The molecule has 1 aliphatic heterocycles. The van der Waals surface area contributed by atoms with Crippen molar-refractivity contribution in [3.63, 3.8) is 0 Å². The molecule has 0 saturated carbocycles. The van der Waals surface area contributed by atoms with Gasteiger partial charge in [-0.15, -0.1) is 0 Å². The number of aromatic hydroxyl groups is 1. The first-order chi connectivity index (χ1) is 14.2. The number of methoxy groups -OCH3 is 1. The number of aliphatic hydroxyl groups excluding tert-OH is 1. The molecule has 158 valence electrons. The van der Waals surface area contributed by atoms with Gasteiger partial charge >= 0.3 is 0 Å². The minimum Gasteiger partial charge on any atom is -0.508 e. The van der Waals surface area contributed by atoms with E-state index in [1.807, 2.05) is 19.0 Å². The first kappa shape index (κ1) is 21.4.